The molecule has 1 aromatic carbocycles. The van der Waals surface area contributed by atoms with Crippen LogP contribution in [0.2, 0.25) is 0 Å². The number of thioether (sulfide) groups is 1. The van der Waals surface area contributed by atoms with Gasteiger partial charge in [-0.1, -0.05) is 29.1 Å². The first kappa shape index (κ1) is 23.6. The fraction of sp³-hybridized carbons (Fsp3) is 0.286. The largest absolute Gasteiger partial charge is 0.394 e. The first-order chi connectivity index (χ1) is 16.3. The SMILES string of the molecule is Cc1cc(CNc2nc3c(NC(C)CO)nc(SCc4cccc(F)c4F)nc3[nH]c2=O)on1. The molecule has 0 aliphatic carbocycles. The third kappa shape index (κ3) is 5.31. The number of anilines is 2. The fourth-order valence-corrected chi connectivity index (χ4v) is 3.81. The molecule has 34 heavy (non-hydrogen) atoms. The number of aromatic amines is 1. The van der Waals surface area contributed by atoms with Crippen LogP contribution in [0.25, 0.3) is 11.2 Å². The van der Waals surface area contributed by atoms with E-state index in [1.807, 2.05) is 0 Å². The van der Waals surface area contributed by atoms with Crippen LogP contribution < -0.4 is 16.2 Å². The Hall–Kier alpha value is -3.58. The van der Waals surface area contributed by atoms with Gasteiger partial charge in [0.25, 0.3) is 5.56 Å². The Morgan fingerprint density at radius 2 is 2.06 bits per heavy atom. The lowest BCUT2D eigenvalue weighted by Crippen LogP contribution is -2.22. The summed E-state index contributed by atoms with van der Waals surface area (Å²) in [5, 5.41) is 19.4. The summed E-state index contributed by atoms with van der Waals surface area (Å²) in [7, 11) is 0. The fourth-order valence-electron chi connectivity index (χ4n) is 2.99. The molecule has 0 aliphatic rings. The summed E-state index contributed by atoms with van der Waals surface area (Å²) in [6.07, 6.45) is 0. The second-order valence-electron chi connectivity index (χ2n) is 7.48. The monoisotopic (exact) mass is 489 g/mol. The molecule has 0 aliphatic heterocycles. The molecule has 3 heterocycles. The van der Waals surface area contributed by atoms with Crippen molar-refractivity contribution in [3.8, 4) is 0 Å². The quantitative estimate of drug-likeness (QED) is 0.205. The number of H-pyrrole nitrogens is 1. The van der Waals surface area contributed by atoms with Crippen LogP contribution in [-0.2, 0) is 12.3 Å². The molecule has 1 unspecified atom stereocenters. The Kier molecular flexibility index (Phi) is 7.03. The van der Waals surface area contributed by atoms with Gasteiger partial charge in [-0.3, -0.25) is 4.79 Å². The minimum atomic E-state index is -0.939. The molecule has 13 heteroatoms. The van der Waals surface area contributed by atoms with E-state index in [0.29, 0.717) is 11.5 Å². The van der Waals surface area contributed by atoms with Gasteiger partial charge in [0.1, 0.15) is 0 Å². The highest BCUT2D eigenvalue weighted by molar-refractivity contribution is 7.98. The molecule has 0 radical (unpaired) electrons. The van der Waals surface area contributed by atoms with Crippen LogP contribution in [0.5, 0.6) is 0 Å². The molecule has 10 nitrogen and oxygen atoms in total. The molecule has 0 saturated carbocycles. The highest BCUT2D eigenvalue weighted by atomic mass is 32.2. The van der Waals surface area contributed by atoms with E-state index in [9.17, 15) is 18.7 Å². The minimum Gasteiger partial charge on any atom is -0.394 e. The number of nitrogens with one attached hydrogen (secondary N) is 3. The summed E-state index contributed by atoms with van der Waals surface area (Å²) >= 11 is 1.06. The van der Waals surface area contributed by atoms with Gasteiger partial charge in [-0.2, -0.15) is 0 Å². The highest BCUT2D eigenvalue weighted by Crippen LogP contribution is 2.26. The molecule has 0 amide bonds. The van der Waals surface area contributed by atoms with Crippen LogP contribution in [0.1, 0.15) is 23.9 Å². The molecule has 0 spiro atoms. The van der Waals surface area contributed by atoms with Crippen LogP contribution in [-0.4, -0.2) is 42.8 Å². The van der Waals surface area contributed by atoms with Crippen molar-refractivity contribution in [3.05, 3.63) is 63.3 Å². The average Bonchev–Trinajstić information content (AvgIpc) is 3.23. The van der Waals surface area contributed by atoms with Gasteiger partial charge in [0.15, 0.2) is 45.4 Å². The topological polar surface area (TPSA) is 142 Å². The Morgan fingerprint density at radius 1 is 1.24 bits per heavy atom. The zero-order valence-corrected chi connectivity index (χ0v) is 19.0. The van der Waals surface area contributed by atoms with Crippen LogP contribution >= 0.6 is 11.8 Å². The van der Waals surface area contributed by atoms with Gasteiger partial charge >= 0.3 is 0 Å². The maximum atomic E-state index is 14.0. The molecule has 3 aromatic heterocycles. The van der Waals surface area contributed by atoms with Crippen molar-refractivity contribution < 1.29 is 18.4 Å². The summed E-state index contributed by atoms with van der Waals surface area (Å²) in [6, 6.07) is 5.28. The second kappa shape index (κ2) is 10.1. The zero-order chi connectivity index (χ0) is 24.2. The molecule has 4 rings (SSSR count). The van der Waals surface area contributed by atoms with Crippen LogP contribution in [0, 0.1) is 18.6 Å². The average molecular weight is 490 g/mol. The molecule has 0 saturated heterocycles. The highest BCUT2D eigenvalue weighted by Gasteiger charge is 2.16. The normalized spacial score (nSPS) is 12.1. The summed E-state index contributed by atoms with van der Waals surface area (Å²) in [5.41, 5.74) is 0.753. The third-order valence-corrected chi connectivity index (χ3v) is 5.58. The standard InChI is InChI=1S/C21H21F2N7O3S/c1-10-6-13(33-30-10)7-24-19-20(32)27-18-16(26-19)17(25-11(2)8-31)28-21(29-18)34-9-12-4-3-5-14(22)15(12)23/h3-6,11,31H,7-9H2,1-2H3,(H,24,26)(H2,25,27,28,29,32). The number of aromatic nitrogens is 5. The van der Waals surface area contributed by atoms with Crippen molar-refractivity contribution in [1.29, 1.82) is 0 Å². The summed E-state index contributed by atoms with van der Waals surface area (Å²) in [5.74, 6) is -0.992. The summed E-state index contributed by atoms with van der Waals surface area (Å²) < 4.78 is 32.6. The maximum absolute atomic E-state index is 14.0. The van der Waals surface area contributed by atoms with Gasteiger partial charge in [0.05, 0.1) is 18.8 Å². The van der Waals surface area contributed by atoms with Crippen LogP contribution in [0.4, 0.5) is 20.4 Å². The lowest BCUT2D eigenvalue weighted by molar-refractivity contribution is 0.281. The van der Waals surface area contributed by atoms with Crippen molar-refractivity contribution in [1.82, 2.24) is 25.1 Å². The molecule has 0 fully saturated rings. The summed E-state index contributed by atoms with van der Waals surface area (Å²) in [4.78, 5) is 28.3. The van der Waals surface area contributed by atoms with Gasteiger partial charge in [-0.05, 0) is 19.9 Å². The number of hydrogen-bond donors (Lipinski definition) is 4. The van der Waals surface area contributed by atoms with E-state index in [4.69, 9.17) is 4.52 Å². The number of halogens is 2. The zero-order valence-electron chi connectivity index (χ0n) is 18.2. The van der Waals surface area contributed by atoms with E-state index in [1.165, 1.54) is 12.1 Å². The number of rotatable bonds is 9. The van der Waals surface area contributed by atoms with Crippen molar-refractivity contribution in [2.45, 2.75) is 37.3 Å². The number of aliphatic hydroxyl groups is 1. The Balaban J connectivity index is 1.65. The minimum absolute atomic E-state index is 0.0205. The summed E-state index contributed by atoms with van der Waals surface area (Å²) in [6.45, 7) is 3.53. The third-order valence-electron chi connectivity index (χ3n) is 4.69. The number of hydrogen-bond acceptors (Lipinski definition) is 10. The lowest BCUT2D eigenvalue weighted by atomic mass is 10.2. The Labute approximate surface area is 196 Å². The predicted octanol–water partition coefficient (Wildman–Crippen LogP) is 2.98. The van der Waals surface area contributed by atoms with E-state index in [2.05, 4.69) is 35.7 Å². The van der Waals surface area contributed by atoms with Gasteiger partial charge < -0.3 is 25.2 Å². The Morgan fingerprint density at radius 3 is 2.79 bits per heavy atom. The molecule has 1 atom stereocenters. The second-order valence-corrected chi connectivity index (χ2v) is 8.43. The molecule has 4 aromatic rings. The molecule has 178 valence electrons. The van der Waals surface area contributed by atoms with E-state index < -0.39 is 17.2 Å². The van der Waals surface area contributed by atoms with E-state index >= 15 is 0 Å². The van der Waals surface area contributed by atoms with E-state index in [-0.39, 0.29) is 58.5 Å². The molecule has 0 bridgehead atoms. The number of fused-ring (bicyclic) bond motifs is 1. The molecular formula is C21H21F2N7O3S. The van der Waals surface area contributed by atoms with Crippen molar-refractivity contribution in [3.63, 3.8) is 0 Å². The lowest BCUT2D eigenvalue weighted by Gasteiger charge is -2.14. The van der Waals surface area contributed by atoms with Crippen LogP contribution in [0.3, 0.4) is 0 Å². The smallest absolute Gasteiger partial charge is 0.292 e. The first-order valence-electron chi connectivity index (χ1n) is 10.2. The van der Waals surface area contributed by atoms with Crippen molar-refractivity contribution in [2.24, 2.45) is 0 Å². The van der Waals surface area contributed by atoms with Gasteiger partial charge in [0.2, 0.25) is 0 Å². The predicted molar refractivity (Wildman–Crippen MR) is 123 cm³/mol. The van der Waals surface area contributed by atoms with Crippen molar-refractivity contribution in [2.75, 3.05) is 17.2 Å². The van der Waals surface area contributed by atoms with E-state index in [0.717, 1.165) is 17.8 Å². The molecule has 4 N–H and O–H groups in total. The van der Waals surface area contributed by atoms with Gasteiger partial charge in [0, 0.05) is 23.4 Å². The van der Waals surface area contributed by atoms with Gasteiger partial charge in [-0.15, -0.1) is 0 Å². The number of benzene rings is 1. The molecular weight excluding hydrogens is 468 g/mol. The number of aliphatic hydroxyl groups excluding tert-OH is 1. The number of nitrogens with zero attached hydrogens (tertiary/aromatic N) is 4. The van der Waals surface area contributed by atoms with Crippen molar-refractivity contribution >= 4 is 34.6 Å². The maximum Gasteiger partial charge on any atom is 0.292 e. The first-order valence-corrected chi connectivity index (χ1v) is 11.2. The Bertz CT molecular complexity index is 1380. The van der Waals surface area contributed by atoms with Gasteiger partial charge in [-0.25, -0.2) is 23.7 Å². The van der Waals surface area contributed by atoms with Crippen LogP contribution in [0.15, 0.2) is 38.7 Å². The van der Waals surface area contributed by atoms with E-state index in [1.54, 1.807) is 19.9 Å². The number of aryl methyl sites for hydroxylation is 1.